The number of quaternary nitrogens is 2. The zero-order valence-electron chi connectivity index (χ0n) is 7.75. The minimum absolute atomic E-state index is 0.164. The lowest BCUT2D eigenvalue weighted by molar-refractivity contribution is -0.912. The third-order valence-electron chi connectivity index (χ3n) is 2.23. The first kappa shape index (κ1) is 9.92. The number of nitrogens with one attached hydrogen (secondary N) is 1. The Morgan fingerprint density at radius 1 is 1.50 bits per heavy atom. The zero-order chi connectivity index (χ0) is 8.81. The Morgan fingerprint density at radius 3 is 2.75 bits per heavy atom. The largest absolute Gasteiger partial charge is 0.382 e. The highest BCUT2D eigenvalue weighted by Crippen LogP contribution is 1.77. The maximum Gasteiger partial charge on any atom is 0.151 e. The van der Waals surface area contributed by atoms with Crippen LogP contribution in [0.3, 0.4) is 0 Å². The molecule has 0 radical (unpaired) electrons. The average Bonchev–Trinajstić information content (AvgIpc) is 2.06. The topological polar surface area (TPSA) is 50.5 Å². The summed E-state index contributed by atoms with van der Waals surface area (Å²) in [6.07, 6.45) is -0.164. The van der Waals surface area contributed by atoms with E-state index in [0.29, 0.717) is 0 Å². The highest BCUT2D eigenvalue weighted by atomic mass is 16.5. The summed E-state index contributed by atoms with van der Waals surface area (Å²) in [5.41, 5.74) is 0. The third-order valence-corrected chi connectivity index (χ3v) is 2.23. The van der Waals surface area contributed by atoms with Crippen LogP contribution in [0.25, 0.3) is 0 Å². The van der Waals surface area contributed by atoms with Crippen molar-refractivity contribution in [3.63, 3.8) is 0 Å². The molecule has 0 unspecified atom stereocenters. The Bertz CT molecular complexity index is 116. The molecule has 1 heterocycles. The summed E-state index contributed by atoms with van der Waals surface area (Å²) in [7, 11) is 1.98. The van der Waals surface area contributed by atoms with Crippen molar-refractivity contribution >= 4 is 0 Å². The molecule has 12 heavy (non-hydrogen) atoms. The van der Waals surface area contributed by atoms with E-state index in [1.807, 2.05) is 12.4 Å². The molecular weight excluding hydrogens is 156 g/mol. The minimum Gasteiger partial charge on any atom is -0.382 e. The van der Waals surface area contributed by atoms with Gasteiger partial charge in [0.2, 0.25) is 0 Å². The van der Waals surface area contributed by atoms with Crippen LogP contribution in [0, 0.1) is 0 Å². The molecule has 0 aromatic heterocycles. The molecule has 0 aliphatic carbocycles. The summed E-state index contributed by atoms with van der Waals surface area (Å²) in [5, 5.41) is 11.5. The molecule has 1 rings (SSSR count). The number of hydrogen-bond donors (Lipinski definition) is 3. The van der Waals surface area contributed by atoms with E-state index < -0.39 is 0 Å². The van der Waals surface area contributed by atoms with Crippen LogP contribution >= 0.6 is 0 Å². The van der Waals surface area contributed by atoms with Gasteiger partial charge in [0.05, 0.1) is 20.3 Å². The molecule has 0 saturated carbocycles. The van der Waals surface area contributed by atoms with Crippen LogP contribution in [0.1, 0.15) is 0 Å². The first-order chi connectivity index (χ1) is 5.83. The smallest absolute Gasteiger partial charge is 0.151 e. The van der Waals surface area contributed by atoms with Crippen molar-refractivity contribution in [1.29, 1.82) is 0 Å². The second kappa shape index (κ2) is 5.48. The average molecular weight is 176 g/mol. The lowest BCUT2D eigenvalue weighted by atomic mass is 10.3. The van der Waals surface area contributed by atoms with Crippen molar-refractivity contribution in [3.05, 3.63) is 0 Å². The molecule has 1 aliphatic rings. The van der Waals surface area contributed by atoms with Gasteiger partial charge in [-0.1, -0.05) is 0 Å². The van der Waals surface area contributed by atoms with Crippen molar-refractivity contribution in [3.8, 4) is 0 Å². The maximum atomic E-state index is 9.51. The van der Waals surface area contributed by atoms with Crippen LogP contribution in [0.5, 0.6) is 0 Å². The molecule has 0 amide bonds. The fourth-order valence-corrected chi connectivity index (χ4v) is 1.55. The fourth-order valence-electron chi connectivity index (χ4n) is 1.55. The number of aliphatic hydroxyl groups excluding tert-OH is 1. The summed E-state index contributed by atoms with van der Waals surface area (Å²) in [5.74, 6) is 0. The van der Waals surface area contributed by atoms with Gasteiger partial charge in [0.1, 0.15) is 26.2 Å². The normalized spacial score (nSPS) is 22.5. The number of rotatable bonds is 4. The number of ether oxygens (including phenoxy) is 1. The monoisotopic (exact) mass is 176 g/mol. The van der Waals surface area contributed by atoms with E-state index in [4.69, 9.17) is 4.74 Å². The molecule has 72 valence electrons. The van der Waals surface area contributed by atoms with Crippen LogP contribution < -0.4 is 10.2 Å². The van der Waals surface area contributed by atoms with E-state index in [1.54, 1.807) is 0 Å². The minimum atomic E-state index is -0.164. The summed E-state index contributed by atoms with van der Waals surface area (Å²) in [4.78, 5) is 1.47. The Kier molecular flexibility index (Phi) is 4.53. The molecule has 4 heteroatoms. The van der Waals surface area contributed by atoms with Crippen LogP contribution in [0.15, 0.2) is 0 Å². The zero-order valence-corrected chi connectivity index (χ0v) is 7.75. The molecule has 1 saturated heterocycles. The lowest BCUT2D eigenvalue weighted by Crippen LogP contribution is -3.15. The van der Waals surface area contributed by atoms with Gasteiger partial charge in [0.15, 0.2) is 6.10 Å². The lowest BCUT2D eigenvalue weighted by Gasteiger charge is -2.25. The third kappa shape index (κ3) is 3.49. The molecule has 4 N–H and O–H groups in total. The molecule has 1 atom stereocenters. The Labute approximate surface area is 73.5 Å². The molecule has 0 spiro atoms. The van der Waals surface area contributed by atoms with E-state index >= 15 is 0 Å². The SMILES string of the molecule is C[NH2+]C[C@H](O)C[NH+]1CCOCC1. The van der Waals surface area contributed by atoms with Gasteiger partial charge in [-0.3, -0.25) is 0 Å². The highest BCUT2D eigenvalue weighted by Gasteiger charge is 2.18. The van der Waals surface area contributed by atoms with Crippen molar-refractivity contribution in [2.45, 2.75) is 6.10 Å². The quantitative estimate of drug-likeness (QED) is 0.415. The van der Waals surface area contributed by atoms with Crippen molar-refractivity contribution in [2.75, 3.05) is 46.4 Å². The molecule has 4 nitrogen and oxygen atoms in total. The molecular formula is C8H20N2O2+2. The summed E-state index contributed by atoms with van der Waals surface area (Å²) < 4.78 is 5.23. The standard InChI is InChI=1S/C8H18N2O2/c1-9-6-8(11)7-10-2-4-12-5-3-10/h8-9,11H,2-7H2,1H3/p+2/t8-/m0/s1. The molecule has 1 fully saturated rings. The van der Waals surface area contributed by atoms with E-state index in [-0.39, 0.29) is 6.10 Å². The van der Waals surface area contributed by atoms with Gasteiger partial charge in [-0.2, -0.15) is 0 Å². The summed E-state index contributed by atoms with van der Waals surface area (Å²) in [6, 6.07) is 0. The Balaban J connectivity index is 2.11. The Hall–Kier alpha value is -0.160. The predicted molar refractivity (Wildman–Crippen MR) is 45.1 cm³/mol. The van der Waals surface area contributed by atoms with Crippen molar-refractivity contribution in [2.24, 2.45) is 0 Å². The number of hydrogen-bond acceptors (Lipinski definition) is 2. The fraction of sp³-hybridized carbons (Fsp3) is 1.00. The van der Waals surface area contributed by atoms with Crippen molar-refractivity contribution < 1.29 is 20.1 Å². The van der Waals surface area contributed by atoms with Crippen LogP contribution in [0.4, 0.5) is 0 Å². The first-order valence-electron chi connectivity index (χ1n) is 4.70. The van der Waals surface area contributed by atoms with Gasteiger partial charge >= 0.3 is 0 Å². The molecule has 1 aliphatic heterocycles. The first-order valence-corrected chi connectivity index (χ1v) is 4.70. The van der Waals surface area contributed by atoms with Crippen molar-refractivity contribution in [1.82, 2.24) is 0 Å². The van der Waals surface area contributed by atoms with Gasteiger partial charge in [0.25, 0.3) is 0 Å². The highest BCUT2D eigenvalue weighted by molar-refractivity contribution is 4.49. The molecule has 0 aromatic carbocycles. The van der Waals surface area contributed by atoms with E-state index in [0.717, 1.165) is 39.4 Å². The summed E-state index contributed by atoms with van der Waals surface area (Å²) in [6.45, 7) is 5.45. The van der Waals surface area contributed by atoms with E-state index in [9.17, 15) is 5.11 Å². The molecule has 0 aromatic rings. The van der Waals surface area contributed by atoms with Crippen LogP contribution in [-0.4, -0.2) is 57.7 Å². The summed E-state index contributed by atoms with van der Waals surface area (Å²) >= 11 is 0. The van der Waals surface area contributed by atoms with Crippen LogP contribution in [0.2, 0.25) is 0 Å². The number of nitrogens with two attached hydrogens (primary N) is 1. The number of morpholine rings is 1. The number of likely N-dealkylation sites (N-methyl/N-ethyl adjacent to an activating group) is 1. The number of aliphatic hydroxyl groups is 1. The van der Waals surface area contributed by atoms with Gasteiger partial charge in [0, 0.05) is 0 Å². The van der Waals surface area contributed by atoms with Gasteiger partial charge in [-0.05, 0) is 0 Å². The van der Waals surface area contributed by atoms with Gasteiger partial charge in [-0.25, -0.2) is 0 Å². The van der Waals surface area contributed by atoms with Gasteiger partial charge in [-0.15, -0.1) is 0 Å². The predicted octanol–water partition coefficient (Wildman–Crippen LogP) is -3.54. The Morgan fingerprint density at radius 2 is 2.17 bits per heavy atom. The molecule has 0 bridgehead atoms. The van der Waals surface area contributed by atoms with Crippen LogP contribution in [-0.2, 0) is 4.74 Å². The maximum absolute atomic E-state index is 9.51. The van der Waals surface area contributed by atoms with E-state index in [1.165, 1.54) is 4.90 Å². The van der Waals surface area contributed by atoms with Gasteiger partial charge < -0.3 is 20.1 Å². The second-order valence-electron chi connectivity index (χ2n) is 3.36. The van der Waals surface area contributed by atoms with E-state index in [2.05, 4.69) is 0 Å². The second-order valence-corrected chi connectivity index (χ2v) is 3.36.